The van der Waals surface area contributed by atoms with Crippen LogP contribution in [0.5, 0.6) is 11.5 Å². The number of carbonyl (C=O) groups is 3. The molecule has 8 nitrogen and oxygen atoms in total. The first-order valence-electron chi connectivity index (χ1n) is 12.2. The van der Waals surface area contributed by atoms with Crippen molar-refractivity contribution in [3.8, 4) is 11.5 Å². The molecular weight excluding hydrogens is 470 g/mol. The van der Waals surface area contributed by atoms with E-state index < -0.39 is 23.9 Å². The van der Waals surface area contributed by atoms with Crippen LogP contribution in [0.15, 0.2) is 72.9 Å². The molecule has 2 saturated heterocycles. The summed E-state index contributed by atoms with van der Waals surface area (Å²) in [5.74, 6) is -1.35. The Labute approximate surface area is 213 Å². The molecule has 4 aliphatic rings. The number of hydrogen-bond acceptors (Lipinski definition) is 6. The molecule has 4 heterocycles. The van der Waals surface area contributed by atoms with E-state index in [1.807, 2.05) is 60.5 Å². The highest BCUT2D eigenvalue weighted by Gasteiger charge is 2.64. The Morgan fingerprint density at radius 2 is 1.68 bits per heavy atom. The zero-order chi connectivity index (χ0) is 25.3. The molecule has 3 aromatic carbocycles. The van der Waals surface area contributed by atoms with Gasteiger partial charge in [0, 0.05) is 18.0 Å². The van der Waals surface area contributed by atoms with Gasteiger partial charge in [0.15, 0.2) is 11.5 Å². The summed E-state index contributed by atoms with van der Waals surface area (Å²) in [5, 5.41) is 2.95. The lowest BCUT2D eigenvalue weighted by atomic mass is 9.84. The van der Waals surface area contributed by atoms with E-state index >= 15 is 0 Å². The van der Waals surface area contributed by atoms with E-state index in [-0.39, 0.29) is 24.5 Å². The Kier molecular flexibility index (Phi) is 4.66. The Morgan fingerprint density at radius 1 is 0.919 bits per heavy atom. The van der Waals surface area contributed by atoms with E-state index in [0.29, 0.717) is 22.9 Å². The number of benzene rings is 3. The van der Waals surface area contributed by atoms with Gasteiger partial charge in [0.1, 0.15) is 6.04 Å². The topological polar surface area (TPSA) is 88.2 Å². The van der Waals surface area contributed by atoms with Crippen molar-refractivity contribution in [3.05, 3.63) is 89.6 Å². The number of amides is 3. The summed E-state index contributed by atoms with van der Waals surface area (Å²) in [6.07, 6.45) is 3.77. The molecular formula is C29H23N3O5. The van der Waals surface area contributed by atoms with E-state index in [1.165, 1.54) is 4.90 Å². The molecule has 3 aromatic rings. The summed E-state index contributed by atoms with van der Waals surface area (Å²) in [6.45, 7) is 2.08. The van der Waals surface area contributed by atoms with Crippen molar-refractivity contribution in [1.82, 2.24) is 4.90 Å². The van der Waals surface area contributed by atoms with E-state index in [4.69, 9.17) is 9.47 Å². The number of rotatable bonds is 3. The number of imide groups is 1. The van der Waals surface area contributed by atoms with Crippen LogP contribution in [0.3, 0.4) is 0 Å². The lowest BCUT2D eigenvalue weighted by Gasteiger charge is -2.35. The van der Waals surface area contributed by atoms with Crippen LogP contribution < -0.4 is 19.7 Å². The average molecular weight is 494 g/mol. The first kappa shape index (κ1) is 21.7. The van der Waals surface area contributed by atoms with Crippen LogP contribution in [0.25, 0.3) is 6.08 Å². The summed E-state index contributed by atoms with van der Waals surface area (Å²) in [4.78, 5) is 44.7. The first-order valence-corrected chi connectivity index (χ1v) is 12.2. The normalized spacial score (nSPS) is 24.7. The Bertz CT molecular complexity index is 1500. The van der Waals surface area contributed by atoms with Crippen LogP contribution in [-0.4, -0.2) is 35.5 Å². The highest BCUT2D eigenvalue weighted by Crippen LogP contribution is 2.53. The number of ether oxygens (including phenoxy) is 2. The molecule has 0 aromatic heterocycles. The molecule has 0 saturated carbocycles. The molecule has 8 heteroatoms. The summed E-state index contributed by atoms with van der Waals surface area (Å²) < 4.78 is 10.8. The maximum Gasteiger partial charge on any atom is 0.247 e. The minimum absolute atomic E-state index is 0.129. The summed E-state index contributed by atoms with van der Waals surface area (Å²) in [5.41, 5.74) is 4.00. The van der Waals surface area contributed by atoms with Gasteiger partial charge >= 0.3 is 0 Å². The Morgan fingerprint density at radius 3 is 2.51 bits per heavy atom. The molecule has 7 rings (SSSR count). The summed E-state index contributed by atoms with van der Waals surface area (Å²) in [7, 11) is 0. The van der Waals surface area contributed by atoms with Crippen molar-refractivity contribution in [1.29, 1.82) is 0 Å². The van der Waals surface area contributed by atoms with Crippen molar-refractivity contribution in [2.45, 2.75) is 19.0 Å². The zero-order valence-corrected chi connectivity index (χ0v) is 20.0. The second-order valence-electron chi connectivity index (χ2n) is 9.74. The van der Waals surface area contributed by atoms with Crippen LogP contribution in [0.4, 0.5) is 11.4 Å². The number of nitrogens with one attached hydrogen (secondary N) is 1. The predicted molar refractivity (Wildman–Crippen MR) is 136 cm³/mol. The highest BCUT2D eigenvalue weighted by atomic mass is 16.7. The number of hydrogen-bond donors (Lipinski definition) is 1. The van der Waals surface area contributed by atoms with E-state index in [9.17, 15) is 14.4 Å². The maximum atomic E-state index is 13.9. The molecule has 184 valence electrons. The third-order valence-corrected chi connectivity index (χ3v) is 7.66. The second-order valence-corrected chi connectivity index (χ2v) is 9.74. The van der Waals surface area contributed by atoms with E-state index in [2.05, 4.69) is 5.32 Å². The maximum absolute atomic E-state index is 13.9. The third kappa shape index (κ3) is 3.18. The van der Waals surface area contributed by atoms with Gasteiger partial charge < -0.3 is 19.7 Å². The van der Waals surface area contributed by atoms with Gasteiger partial charge in [-0.15, -0.1) is 0 Å². The van der Waals surface area contributed by atoms with Gasteiger partial charge in [0.2, 0.25) is 24.5 Å². The number of anilines is 2. The molecule has 4 aliphatic heterocycles. The van der Waals surface area contributed by atoms with Crippen molar-refractivity contribution in [2.24, 2.45) is 11.8 Å². The smallest absolute Gasteiger partial charge is 0.247 e. The number of fused-ring (bicyclic) bond motifs is 6. The lowest BCUT2D eigenvalue weighted by Crippen LogP contribution is -2.46. The standard InChI is InChI=1S/C29H23N3O5/c1-16-6-9-19(10-7-16)32-28(34)23-24(29(32)35)26(31-13-12-17-4-2-3-5-20(17)25(23)31)27(33)30-18-8-11-21-22(14-18)37-15-36-21/h2-14,23-26H,15H2,1H3,(H,30,33)/t23-,24+,25?,26-/m1/s1. The number of aryl methyl sites for hydroxylation is 1. The van der Waals surface area contributed by atoms with Crippen molar-refractivity contribution in [3.63, 3.8) is 0 Å². The number of carbonyl (C=O) groups excluding carboxylic acids is 3. The third-order valence-electron chi connectivity index (χ3n) is 7.66. The van der Waals surface area contributed by atoms with Crippen LogP contribution in [0.1, 0.15) is 22.7 Å². The summed E-state index contributed by atoms with van der Waals surface area (Å²) in [6, 6.07) is 19.0. The molecule has 2 fully saturated rings. The van der Waals surface area contributed by atoms with Gasteiger partial charge in [-0.25, -0.2) is 4.90 Å². The lowest BCUT2D eigenvalue weighted by molar-refractivity contribution is -0.128. The van der Waals surface area contributed by atoms with Gasteiger partial charge in [0.05, 0.1) is 23.6 Å². The van der Waals surface area contributed by atoms with Crippen LogP contribution in [-0.2, 0) is 14.4 Å². The molecule has 0 bridgehead atoms. The molecule has 4 atom stereocenters. The monoisotopic (exact) mass is 493 g/mol. The van der Waals surface area contributed by atoms with Crippen LogP contribution in [0, 0.1) is 18.8 Å². The quantitative estimate of drug-likeness (QED) is 0.558. The van der Waals surface area contributed by atoms with Crippen molar-refractivity contribution >= 4 is 35.2 Å². The van der Waals surface area contributed by atoms with E-state index in [0.717, 1.165) is 16.7 Å². The molecule has 0 spiro atoms. The molecule has 3 amide bonds. The number of nitrogens with zero attached hydrogens (tertiary/aromatic N) is 2. The Balaban J connectivity index is 1.29. The van der Waals surface area contributed by atoms with Crippen molar-refractivity contribution < 1.29 is 23.9 Å². The fourth-order valence-electron chi connectivity index (χ4n) is 6.00. The minimum Gasteiger partial charge on any atom is -0.454 e. The average Bonchev–Trinajstić information content (AvgIpc) is 3.58. The largest absolute Gasteiger partial charge is 0.454 e. The minimum atomic E-state index is -0.864. The molecule has 1 N–H and O–H groups in total. The fraction of sp³-hybridized carbons (Fsp3) is 0.207. The van der Waals surface area contributed by atoms with Crippen molar-refractivity contribution in [2.75, 3.05) is 17.0 Å². The SMILES string of the molecule is Cc1ccc(N2C(=O)[C@H]3[C@@H](C2=O)C2c4ccccc4C=CN2[C@H]3C(=O)Nc2ccc3c(c2)OCO3)cc1. The predicted octanol–water partition coefficient (Wildman–Crippen LogP) is 3.88. The van der Waals surface area contributed by atoms with Crippen LogP contribution >= 0.6 is 0 Å². The van der Waals surface area contributed by atoms with Gasteiger partial charge in [-0.2, -0.15) is 0 Å². The molecule has 37 heavy (non-hydrogen) atoms. The summed E-state index contributed by atoms with van der Waals surface area (Å²) >= 11 is 0. The molecule has 0 aliphatic carbocycles. The zero-order valence-electron chi connectivity index (χ0n) is 20.0. The second kappa shape index (κ2) is 7.96. The van der Waals surface area contributed by atoms with Gasteiger partial charge in [-0.3, -0.25) is 14.4 Å². The van der Waals surface area contributed by atoms with Gasteiger partial charge in [-0.1, -0.05) is 42.0 Å². The highest BCUT2D eigenvalue weighted by molar-refractivity contribution is 6.24. The molecule has 0 radical (unpaired) electrons. The van der Waals surface area contributed by atoms with E-state index in [1.54, 1.807) is 30.3 Å². The first-order chi connectivity index (χ1) is 18.0. The van der Waals surface area contributed by atoms with Crippen LogP contribution in [0.2, 0.25) is 0 Å². The Hall–Kier alpha value is -4.59. The van der Waals surface area contributed by atoms with Gasteiger partial charge in [-0.05, 0) is 48.4 Å². The van der Waals surface area contributed by atoms with Gasteiger partial charge in [0.25, 0.3) is 0 Å². The fourth-order valence-corrected chi connectivity index (χ4v) is 6.00. The molecule has 1 unspecified atom stereocenters.